The molecule has 0 unspecified atom stereocenters. The fourth-order valence-electron chi connectivity index (χ4n) is 2.76. The minimum atomic E-state index is -0.327. The highest BCUT2D eigenvalue weighted by molar-refractivity contribution is 5.91. The number of esters is 1. The number of hydrogen-bond donors (Lipinski definition) is 0. The van der Waals surface area contributed by atoms with Gasteiger partial charge >= 0.3 is 5.97 Å². The third kappa shape index (κ3) is 3.23. The van der Waals surface area contributed by atoms with Gasteiger partial charge in [-0.3, -0.25) is 4.98 Å². The van der Waals surface area contributed by atoms with Crippen LogP contribution in [-0.4, -0.2) is 15.5 Å². The van der Waals surface area contributed by atoms with E-state index in [0.29, 0.717) is 5.56 Å². The number of ether oxygens (including phenoxy) is 1. The van der Waals surface area contributed by atoms with Gasteiger partial charge in [-0.25, -0.2) is 4.79 Å². The van der Waals surface area contributed by atoms with Crippen LogP contribution in [0, 0.1) is 20.8 Å². The van der Waals surface area contributed by atoms with Crippen LogP contribution in [0.3, 0.4) is 0 Å². The highest BCUT2D eigenvalue weighted by atomic mass is 16.5. The number of nitrogens with zero attached hydrogens (tertiary/aromatic N) is 2. The van der Waals surface area contributed by atoms with Crippen molar-refractivity contribution in [2.75, 3.05) is 0 Å². The first kappa shape index (κ1) is 16.0. The number of hydrogen-bond acceptors (Lipinski definition) is 3. The van der Waals surface area contributed by atoms with Crippen molar-refractivity contribution in [2.24, 2.45) is 0 Å². The van der Waals surface area contributed by atoms with Gasteiger partial charge in [0, 0.05) is 23.3 Å². The van der Waals surface area contributed by atoms with E-state index in [-0.39, 0.29) is 12.6 Å². The molecule has 3 rings (SSSR count). The van der Waals surface area contributed by atoms with E-state index in [1.807, 2.05) is 38.1 Å². The summed E-state index contributed by atoms with van der Waals surface area (Å²) in [6.45, 7) is 6.15. The van der Waals surface area contributed by atoms with Gasteiger partial charge < -0.3 is 9.30 Å². The van der Waals surface area contributed by atoms with Crippen LogP contribution in [0.4, 0.5) is 0 Å². The molecular weight excluding hydrogens is 300 g/mol. The highest BCUT2D eigenvalue weighted by Gasteiger charge is 2.18. The molecule has 122 valence electrons. The van der Waals surface area contributed by atoms with Gasteiger partial charge in [-0.2, -0.15) is 0 Å². The molecule has 0 saturated heterocycles. The second-order valence-electron chi connectivity index (χ2n) is 5.85. The molecule has 2 aromatic heterocycles. The summed E-state index contributed by atoms with van der Waals surface area (Å²) in [5, 5.41) is 0. The van der Waals surface area contributed by atoms with Crippen LogP contribution in [0.1, 0.15) is 33.0 Å². The minimum Gasteiger partial charge on any atom is -0.456 e. The maximum atomic E-state index is 12.4. The van der Waals surface area contributed by atoms with Gasteiger partial charge in [0.15, 0.2) is 0 Å². The van der Waals surface area contributed by atoms with E-state index in [2.05, 4.69) is 40.7 Å². The number of aryl methyl sites for hydroxylation is 2. The standard InChI is InChI=1S/C20H20N2O2/c1-14-7-9-18(10-8-14)22-15(2)12-19(16(22)3)20(23)24-13-17-6-4-5-11-21-17/h4-12H,13H2,1-3H3. The van der Waals surface area contributed by atoms with E-state index in [1.165, 1.54) is 5.56 Å². The fourth-order valence-corrected chi connectivity index (χ4v) is 2.76. The van der Waals surface area contributed by atoms with Crippen molar-refractivity contribution >= 4 is 5.97 Å². The Morgan fingerprint density at radius 1 is 1.08 bits per heavy atom. The predicted octanol–water partition coefficient (Wildman–Crippen LogP) is 4.15. The molecule has 3 aromatic rings. The molecule has 0 bridgehead atoms. The average molecular weight is 320 g/mol. The molecule has 0 spiro atoms. The lowest BCUT2D eigenvalue weighted by Gasteiger charge is -2.10. The first-order valence-electron chi connectivity index (χ1n) is 7.89. The minimum absolute atomic E-state index is 0.174. The van der Waals surface area contributed by atoms with Crippen LogP contribution in [0.25, 0.3) is 5.69 Å². The van der Waals surface area contributed by atoms with E-state index < -0.39 is 0 Å². The lowest BCUT2D eigenvalue weighted by Crippen LogP contribution is -2.08. The lowest BCUT2D eigenvalue weighted by atomic mass is 10.2. The fraction of sp³-hybridized carbons (Fsp3) is 0.200. The van der Waals surface area contributed by atoms with Crippen LogP contribution in [0.15, 0.2) is 54.7 Å². The van der Waals surface area contributed by atoms with Crippen molar-refractivity contribution in [3.63, 3.8) is 0 Å². The molecule has 0 radical (unpaired) electrons. The van der Waals surface area contributed by atoms with Crippen LogP contribution < -0.4 is 0 Å². The van der Waals surface area contributed by atoms with E-state index in [9.17, 15) is 4.79 Å². The molecule has 0 N–H and O–H groups in total. The highest BCUT2D eigenvalue weighted by Crippen LogP contribution is 2.22. The van der Waals surface area contributed by atoms with Crippen molar-refractivity contribution in [1.29, 1.82) is 0 Å². The Balaban J connectivity index is 1.83. The molecule has 2 heterocycles. The molecule has 0 aliphatic rings. The van der Waals surface area contributed by atoms with E-state index >= 15 is 0 Å². The molecule has 24 heavy (non-hydrogen) atoms. The summed E-state index contributed by atoms with van der Waals surface area (Å²) < 4.78 is 7.47. The number of aromatic nitrogens is 2. The van der Waals surface area contributed by atoms with Crippen LogP contribution >= 0.6 is 0 Å². The van der Waals surface area contributed by atoms with Gasteiger partial charge in [-0.1, -0.05) is 23.8 Å². The zero-order valence-corrected chi connectivity index (χ0v) is 14.1. The third-order valence-electron chi connectivity index (χ3n) is 4.02. The summed E-state index contributed by atoms with van der Waals surface area (Å²) in [6, 6.07) is 15.6. The summed E-state index contributed by atoms with van der Waals surface area (Å²) in [6.07, 6.45) is 1.69. The molecule has 0 aliphatic carbocycles. The van der Waals surface area contributed by atoms with Crippen LogP contribution in [0.5, 0.6) is 0 Å². The van der Waals surface area contributed by atoms with Crippen LogP contribution in [0.2, 0.25) is 0 Å². The van der Waals surface area contributed by atoms with Gasteiger partial charge in [0.2, 0.25) is 0 Å². The molecular formula is C20H20N2O2. The Hall–Kier alpha value is -2.88. The Labute approximate surface area is 141 Å². The van der Waals surface area contributed by atoms with Crippen LogP contribution in [-0.2, 0) is 11.3 Å². The maximum absolute atomic E-state index is 12.4. The summed E-state index contributed by atoms with van der Waals surface area (Å²) in [7, 11) is 0. The van der Waals surface area contributed by atoms with E-state index in [1.54, 1.807) is 6.20 Å². The molecule has 0 fully saturated rings. The Morgan fingerprint density at radius 3 is 2.50 bits per heavy atom. The second-order valence-corrected chi connectivity index (χ2v) is 5.85. The Bertz CT molecular complexity index is 849. The van der Waals surface area contributed by atoms with Gasteiger partial charge in [-0.15, -0.1) is 0 Å². The molecule has 0 saturated carbocycles. The number of rotatable bonds is 4. The largest absolute Gasteiger partial charge is 0.456 e. The molecule has 0 atom stereocenters. The molecule has 4 nitrogen and oxygen atoms in total. The van der Waals surface area contributed by atoms with Crippen molar-refractivity contribution in [3.8, 4) is 5.69 Å². The topological polar surface area (TPSA) is 44.1 Å². The second kappa shape index (κ2) is 6.71. The summed E-state index contributed by atoms with van der Waals surface area (Å²) in [5.74, 6) is -0.327. The Morgan fingerprint density at radius 2 is 1.83 bits per heavy atom. The van der Waals surface area contributed by atoms with E-state index in [0.717, 1.165) is 22.8 Å². The molecule has 0 amide bonds. The van der Waals surface area contributed by atoms with E-state index in [4.69, 9.17) is 4.74 Å². The Kier molecular flexibility index (Phi) is 4.47. The van der Waals surface area contributed by atoms with Gasteiger partial charge in [0.05, 0.1) is 11.3 Å². The number of pyridine rings is 1. The molecule has 1 aromatic carbocycles. The number of carbonyl (C=O) groups is 1. The quantitative estimate of drug-likeness (QED) is 0.678. The number of carbonyl (C=O) groups excluding carboxylic acids is 1. The molecule has 0 aliphatic heterocycles. The smallest absolute Gasteiger partial charge is 0.340 e. The SMILES string of the molecule is Cc1ccc(-n2c(C)cc(C(=O)OCc3ccccn3)c2C)cc1. The summed E-state index contributed by atoms with van der Waals surface area (Å²) in [4.78, 5) is 16.6. The predicted molar refractivity (Wildman–Crippen MR) is 93.3 cm³/mol. The monoisotopic (exact) mass is 320 g/mol. The van der Waals surface area contributed by atoms with Gasteiger partial charge in [-0.05, 0) is 51.1 Å². The first-order chi connectivity index (χ1) is 11.6. The van der Waals surface area contributed by atoms with Gasteiger partial charge in [0.25, 0.3) is 0 Å². The van der Waals surface area contributed by atoms with Gasteiger partial charge in [0.1, 0.15) is 6.61 Å². The summed E-state index contributed by atoms with van der Waals surface area (Å²) >= 11 is 0. The zero-order valence-electron chi connectivity index (χ0n) is 14.1. The average Bonchev–Trinajstić information content (AvgIpc) is 2.89. The van der Waals surface area contributed by atoms with Crippen molar-refractivity contribution in [1.82, 2.24) is 9.55 Å². The van der Waals surface area contributed by atoms with Crippen molar-refractivity contribution < 1.29 is 9.53 Å². The zero-order chi connectivity index (χ0) is 17.1. The normalized spacial score (nSPS) is 10.6. The molecule has 4 heteroatoms. The maximum Gasteiger partial charge on any atom is 0.340 e. The first-order valence-corrected chi connectivity index (χ1v) is 7.89. The number of benzene rings is 1. The lowest BCUT2D eigenvalue weighted by molar-refractivity contribution is 0.0467. The van der Waals surface area contributed by atoms with Crippen molar-refractivity contribution in [2.45, 2.75) is 27.4 Å². The summed E-state index contributed by atoms with van der Waals surface area (Å²) in [5.41, 5.74) is 5.45. The van der Waals surface area contributed by atoms with Crippen molar-refractivity contribution in [3.05, 3.63) is 82.9 Å². The third-order valence-corrected chi connectivity index (χ3v) is 4.02.